The lowest BCUT2D eigenvalue weighted by Crippen LogP contribution is -2.52. The average molecular weight is 354 g/mol. The van der Waals surface area contributed by atoms with Gasteiger partial charge in [-0.15, -0.1) is 6.58 Å². The van der Waals surface area contributed by atoms with Gasteiger partial charge in [-0.05, 0) is 37.3 Å². The van der Waals surface area contributed by atoms with Crippen molar-refractivity contribution in [1.29, 1.82) is 0 Å². The van der Waals surface area contributed by atoms with Gasteiger partial charge in [0.25, 0.3) is 0 Å². The van der Waals surface area contributed by atoms with Crippen molar-refractivity contribution < 1.29 is 9.53 Å². The van der Waals surface area contributed by atoms with Crippen LogP contribution in [-0.4, -0.2) is 30.2 Å². The van der Waals surface area contributed by atoms with E-state index in [-0.39, 0.29) is 17.4 Å². The molecule has 1 aliphatic rings. The third-order valence-electron chi connectivity index (χ3n) is 4.90. The summed E-state index contributed by atoms with van der Waals surface area (Å²) in [6.07, 6.45) is 10.7. The molecule has 0 radical (unpaired) electrons. The number of amides is 1. The summed E-state index contributed by atoms with van der Waals surface area (Å²) < 4.78 is 5.78. The number of halogens is 1. The quantitative estimate of drug-likeness (QED) is 0.298. The van der Waals surface area contributed by atoms with Crippen molar-refractivity contribution in [2.75, 3.05) is 13.3 Å². The summed E-state index contributed by atoms with van der Waals surface area (Å²) in [6.45, 7) is 12.9. The Labute approximate surface area is 152 Å². The molecule has 136 valence electrons. The van der Waals surface area contributed by atoms with Crippen LogP contribution >= 0.6 is 11.6 Å². The van der Waals surface area contributed by atoms with Crippen molar-refractivity contribution in [3.8, 4) is 0 Å². The lowest BCUT2D eigenvalue weighted by molar-refractivity contribution is -0.140. The van der Waals surface area contributed by atoms with Crippen LogP contribution in [0.2, 0.25) is 0 Å². The highest BCUT2D eigenvalue weighted by Gasteiger charge is 2.43. The SMILES string of the molecule is C=CCC1(CC)C=CC(Cl)=C(CC)C1N(COCCCC)C(C)=O. The van der Waals surface area contributed by atoms with Gasteiger partial charge in [-0.3, -0.25) is 4.79 Å². The molecule has 2 unspecified atom stereocenters. The van der Waals surface area contributed by atoms with Crippen LogP contribution in [0.3, 0.4) is 0 Å². The molecule has 0 aromatic heterocycles. The number of allylic oxidation sites excluding steroid dienone is 3. The molecule has 0 spiro atoms. The summed E-state index contributed by atoms with van der Waals surface area (Å²) in [4.78, 5) is 14.3. The van der Waals surface area contributed by atoms with E-state index >= 15 is 0 Å². The Morgan fingerprint density at radius 1 is 1.46 bits per heavy atom. The Morgan fingerprint density at radius 3 is 2.67 bits per heavy atom. The van der Waals surface area contributed by atoms with Crippen molar-refractivity contribution in [2.45, 2.75) is 65.8 Å². The smallest absolute Gasteiger partial charge is 0.221 e. The third-order valence-corrected chi connectivity index (χ3v) is 5.26. The maximum atomic E-state index is 12.4. The van der Waals surface area contributed by atoms with Crippen LogP contribution in [0.25, 0.3) is 0 Å². The second kappa shape index (κ2) is 10.0. The molecule has 0 aromatic carbocycles. The molecule has 0 saturated carbocycles. The highest BCUT2D eigenvalue weighted by Crippen LogP contribution is 2.45. The van der Waals surface area contributed by atoms with Crippen molar-refractivity contribution in [3.05, 3.63) is 35.4 Å². The fraction of sp³-hybridized carbons (Fsp3) is 0.650. The zero-order valence-electron chi connectivity index (χ0n) is 15.6. The summed E-state index contributed by atoms with van der Waals surface area (Å²) >= 11 is 6.48. The summed E-state index contributed by atoms with van der Waals surface area (Å²) in [7, 11) is 0. The van der Waals surface area contributed by atoms with Gasteiger partial charge >= 0.3 is 0 Å². The molecule has 0 N–H and O–H groups in total. The highest BCUT2D eigenvalue weighted by atomic mass is 35.5. The zero-order valence-corrected chi connectivity index (χ0v) is 16.4. The molecule has 0 aliphatic heterocycles. The highest BCUT2D eigenvalue weighted by molar-refractivity contribution is 6.31. The maximum absolute atomic E-state index is 12.4. The molecule has 4 heteroatoms. The summed E-state index contributed by atoms with van der Waals surface area (Å²) in [5, 5.41) is 0.746. The third kappa shape index (κ3) is 4.73. The Hall–Kier alpha value is -1.06. The van der Waals surface area contributed by atoms with Crippen molar-refractivity contribution in [3.63, 3.8) is 0 Å². The van der Waals surface area contributed by atoms with Gasteiger partial charge < -0.3 is 9.64 Å². The van der Waals surface area contributed by atoms with E-state index in [1.165, 1.54) is 0 Å². The minimum atomic E-state index is -0.175. The number of nitrogens with zero attached hydrogens (tertiary/aromatic N) is 1. The predicted molar refractivity (Wildman–Crippen MR) is 102 cm³/mol. The molecule has 1 aliphatic carbocycles. The lowest BCUT2D eigenvalue weighted by atomic mass is 9.68. The number of carbonyl (C=O) groups is 1. The normalized spacial score (nSPS) is 23.5. The minimum Gasteiger partial charge on any atom is -0.361 e. The fourth-order valence-corrected chi connectivity index (χ4v) is 3.74. The standard InChI is InChI=1S/C20H32ClNO2/c1-6-10-14-24-15-22(16(5)23)19-17(8-3)18(21)11-13-20(19,9-4)12-7-2/h7,11,13,19H,2,6,8-10,12,14-15H2,1,3-5H3. The molecular formula is C20H32ClNO2. The molecular weight excluding hydrogens is 322 g/mol. The number of hydrogen-bond acceptors (Lipinski definition) is 2. The predicted octanol–water partition coefficient (Wildman–Crippen LogP) is 5.42. The van der Waals surface area contributed by atoms with Crippen molar-refractivity contribution >= 4 is 17.5 Å². The van der Waals surface area contributed by atoms with Gasteiger partial charge in [0.15, 0.2) is 0 Å². The van der Waals surface area contributed by atoms with Gasteiger partial charge in [-0.25, -0.2) is 0 Å². The summed E-state index contributed by atoms with van der Waals surface area (Å²) in [6, 6.07) is -0.0814. The Morgan fingerprint density at radius 2 is 2.17 bits per heavy atom. The first-order valence-corrected chi connectivity index (χ1v) is 9.38. The molecule has 3 nitrogen and oxygen atoms in total. The molecule has 0 bridgehead atoms. The summed E-state index contributed by atoms with van der Waals surface area (Å²) in [5.41, 5.74) is 0.933. The lowest BCUT2D eigenvalue weighted by Gasteiger charge is -2.47. The van der Waals surface area contributed by atoms with E-state index in [2.05, 4.69) is 33.4 Å². The molecule has 1 rings (SSSR count). The first-order chi connectivity index (χ1) is 11.5. The average Bonchev–Trinajstić information content (AvgIpc) is 2.56. The van der Waals surface area contributed by atoms with Crippen LogP contribution in [0.15, 0.2) is 35.4 Å². The van der Waals surface area contributed by atoms with Crippen molar-refractivity contribution in [2.24, 2.45) is 5.41 Å². The second-order valence-electron chi connectivity index (χ2n) is 6.42. The number of hydrogen-bond donors (Lipinski definition) is 0. The first kappa shape index (κ1) is 21.0. The second-order valence-corrected chi connectivity index (χ2v) is 6.83. The van der Waals surface area contributed by atoms with Crippen LogP contribution < -0.4 is 0 Å². The van der Waals surface area contributed by atoms with Crippen LogP contribution in [0.5, 0.6) is 0 Å². The van der Waals surface area contributed by atoms with Crippen molar-refractivity contribution in [1.82, 2.24) is 4.90 Å². The number of rotatable bonds is 10. The van der Waals surface area contributed by atoms with Crippen LogP contribution in [0.1, 0.15) is 59.8 Å². The Kier molecular flexibility index (Phi) is 8.79. The maximum Gasteiger partial charge on any atom is 0.221 e. The molecule has 1 amide bonds. The van der Waals surface area contributed by atoms with Crippen LogP contribution in [0, 0.1) is 5.41 Å². The van der Waals surface area contributed by atoms with Gasteiger partial charge in [0.2, 0.25) is 5.91 Å². The Balaban J connectivity index is 3.21. The van der Waals surface area contributed by atoms with Gasteiger partial charge in [-0.1, -0.05) is 50.9 Å². The number of carbonyl (C=O) groups excluding carboxylic acids is 1. The summed E-state index contributed by atoms with van der Waals surface area (Å²) in [5.74, 6) is 0.0177. The van der Waals surface area contributed by atoms with E-state index < -0.39 is 0 Å². The van der Waals surface area contributed by atoms with Gasteiger partial charge in [0, 0.05) is 24.0 Å². The Bertz CT molecular complexity index is 498. The van der Waals surface area contributed by atoms with E-state index in [4.69, 9.17) is 16.3 Å². The van der Waals surface area contributed by atoms with Gasteiger partial charge in [0.1, 0.15) is 6.73 Å². The molecule has 0 heterocycles. The first-order valence-electron chi connectivity index (χ1n) is 9.01. The molecule has 24 heavy (non-hydrogen) atoms. The van der Waals surface area contributed by atoms with Gasteiger partial charge in [0.05, 0.1) is 6.04 Å². The van der Waals surface area contributed by atoms with E-state index in [1.807, 2.05) is 17.1 Å². The van der Waals surface area contributed by atoms with E-state index in [1.54, 1.807) is 6.92 Å². The monoisotopic (exact) mass is 353 g/mol. The topological polar surface area (TPSA) is 29.5 Å². The molecule has 2 atom stereocenters. The fourth-order valence-electron chi connectivity index (χ4n) is 3.44. The van der Waals surface area contributed by atoms with Crippen LogP contribution in [-0.2, 0) is 9.53 Å². The zero-order chi connectivity index (χ0) is 18.2. The van der Waals surface area contributed by atoms with E-state index in [9.17, 15) is 4.79 Å². The van der Waals surface area contributed by atoms with E-state index in [0.29, 0.717) is 13.3 Å². The molecule has 0 aromatic rings. The molecule has 0 fully saturated rings. The van der Waals surface area contributed by atoms with E-state index in [0.717, 1.165) is 42.7 Å². The number of unbranched alkanes of at least 4 members (excludes halogenated alkanes) is 1. The van der Waals surface area contributed by atoms with Crippen LogP contribution in [0.4, 0.5) is 0 Å². The number of ether oxygens (including phenoxy) is 1. The largest absolute Gasteiger partial charge is 0.361 e. The van der Waals surface area contributed by atoms with Gasteiger partial charge in [-0.2, -0.15) is 0 Å². The molecule has 0 saturated heterocycles. The minimum absolute atomic E-state index is 0.0177.